The van der Waals surface area contributed by atoms with Crippen molar-refractivity contribution in [3.8, 4) is 5.06 Å². The third-order valence-corrected chi connectivity index (χ3v) is 4.98. The van der Waals surface area contributed by atoms with Crippen molar-refractivity contribution in [2.45, 2.75) is 19.5 Å². The van der Waals surface area contributed by atoms with Gasteiger partial charge in [0.1, 0.15) is 0 Å². The van der Waals surface area contributed by atoms with Crippen molar-refractivity contribution >= 4 is 28.6 Å². The highest BCUT2D eigenvalue weighted by Gasteiger charge is 2.25. The zero-order chi connectivity index (χ0) is 14.1. The van der Waals surface area contributed by atoms with Crippen molar-refractivity contribution in [1.29, 1.82) is 0 Å². The summed E-state index contributed by atoms with van der Waals surface area (Å²) in [7, 11) is 0. The number of hydrogen-bond donors (Lipinski definition) is 1. The fraction of sp³-hybridized carbons (Fsp3) is 0.286. The molecule has 0 amide bonds. The van der Waals surface area contributed by atoms with Crippen LogP contribution in [0.15, 0.2) is 29.4 Å². The van der Waals surface area contributed by atoms with Gasteiger partial charge in [0.15, 0.2) is 5.69 Å². The van der Waals surface area contributed by atoms with E-state index in [0.29, 0.717) is 6.54 Å². The van der Waals surface area contributed by atoms with Crippen LogP contribution >= 0.6 is 22.9 Å². The van der Waals surface area contributed by atoms with E-state index in [1.807, 2.05) is 24.3 Å². The molecule has 1 N–H and O–H groups in total. The topological polar surface area (TPSA) is 52.9 Å². The van der Waals surface area contributed by atoms with Crippen molar-refractivity contribution in [2.24, 2.45) is 5.18 Å². The van der Waals surface area contributed by atoms with Gasteiger partial charge in [0.05, 0.1) is 0 Å². The minimum Gasteiger partial charge on any atom is -0.498 e. The molecule has 0 unspecified atom stereocenters. The van der Waals surface area contributed by atoms with Crippen LogP contribution in [0.5, 0.6) is 5.06 Å². The number of nitroso groups, excluding NO2 is 1. The van der Waals surface area contributed by atoms with Crippen LogP contribution < -0.4 is 0 Å². The second-order valence-corrected chi connectivity index (χ2v) is 6.29. The predicted octanol–water partition coefficient (Wildman–Crippen LogP) is 4.06. The van der Waals surface area contributed by atoms with Gasteiger partial charge in [0.2, 0.25) is 5.06 Å². The summed E-state index contributed by atoms with van der Waals surface area (Å²) >= 11 is 7.44. The molecule has 2 heterocycles. The molecule has 2 aromatic rings. The van der Waals surface area contributed by atoms with Gasteiger partial charge < -0.3 is 5.11 Å². The number of aromatic hydroxyl groups is 1. The highest BCUT2D eigenvalue weighted by atomic mass is 35.5. The van der Waals surface area contributed by atoms with Crippen molar-refractivity contribution in [1.82, 2.24) is 4.90 Å². The maximum absolute atomic E-state index is 10.8. The summed E-state index contributed by atoms with van der Waals surface area (Å²) in [6.07, 6.45) is 0.827. The molecule has 0 bridgehead atoms. The molecule has 0 atom stereocenters. The Morgan fingerprint density at radius 1 is 1.40 bits per heavy atom. The molecule has 0 radical (unpaired) electrons. The molecule has 1 aromatic carbocycles. The van der Waals surface area contributed by atoms with E-state index < -0.39 is 0 Å². The number of thiophene rings is 1. The third-order valence-electron chi connectivity index (χ3n) is 3.52. The maximum Gasteiger partial charge on any atom is 0.201 e. The number of halogens is 1. The third kappa shape index (κ3) is 2.44. The van der Waals surface area contributed by atoms with E-state index >= 15 is 0 Å². The molecule has 0 saturated heterocycles. The van der Waals surface area contributed by atoms with Gasteiger partial charge in [0.25, 0.3) is 0 Å². The van der Waals surface area contributed by atoms with Crippen molar-refractivity contribution < 1.29 is 5.11 Å². The molecule has 1 aliphatic rings. The van der Waals surface area contributed by atoms with E-state index in [0.717, 1.165) is 40.5 Å². The van der Waals surface area contributed by atoms with Crippen LogP contribution in [0.2, 0.25) is 5.02 Å². The largest absolute Gasteiger partial charge is 0.498 e. The zero-order valence-corrected chi connectivity index (χ0v) is 12.2. The molecule has 104 valence electrons. The van der Waals surface area contributed by atoms with Crippen LogP contribution in [0.25, 0.3) is 0 Å². The minimum atomic E-state index is 0.0320. The Hall–Kier alpha value is -1.43. The molecule has 0 aliphatic carbocycles. The van der Waals surface area contributed by atoms with Gasteiger partial charge >= 0.3 is 0 Å². The normalized spacial score (nSPS) is 15.1. The Kier molecular flexibility index (Phi) is 3.74. The lowest BCUT2D eigenvalue weighted by molar-refractivity contribution is 0.248. The Bertz CT molecular complexity index is 657. The Balaban J connectivity index is 1.82. The lowest BCUT2D eigenvalue weighted by Crippen LogP contribution is -2.29. The summed E-state index contributed by atoms with van der Waals surface area (Å²) in [5, 5.41) is 13.4. The molecule has 0 saturated carbocycles. The molecule has 3 rings (SSSR count). The van der Waals surface area contributed by atoms with Gasteiger partial charge in [-0.3, -0.25) is 4.90 Å². The lowest BCUT2D eigenvalue weighted by atomic mass is 10.1. The van der Waals surface area contributed by atoms with Crippen LogP contribution in [0.1, 0.15) is 16.0 Å². The quantitative estimate of drug-likeness (QED) is 0.870. The highest BCUT2D eigenvalue weighted by Crippen LogP contribution is 2.43. The van der Waals surface area contributed by atoms with Gasteiger partial charge in [-0.1, -0.05) is 29.8 Å². The van der Waals surface area contributed by atoms with Crippen LogP contribution in [0.4, 0.5) is 5.69 Å². The highest BCUT2D eigenvalue weighted by molar-refractivity contribution is 7.14. The Morgan fingerprint density at radius 2 is 2.20 bits per heavy atom. The number of rotatable bonds is 3. The van der Waals surface area contributed by atoms with E-state index in [1.165, 1.54) is 11.3 Å². The molecular weight excluding hydrogens is 296 g/mol. The van der Waals surface area contributed by atoms with Gasteiger partial charge in [0, 0.05) is 35.1 Å². The monoisotopic (exact) mass is 308 g/mol. The van der Waals surface area contributed by atoms with Gasteiger partial charge in [-0.15, -0.1) is 16.2 Å². The summed E-state index contributed by atoms with van der Waals surface area (Å²) in [6, 6.07) is 7.75. The van der Waals surface area contributed by atoms with Gasteiger partial charge in [-0.2, -0.15) is 0 Å². The molecular formula is C14H13ClN2O2S. The van der Waals surface area contributed by atoms with E-state index in [2.05, 4.69) is 10.1 Å². The number of hydrogen-bond acceptors (Lipinski definition) is 5. The summed E-state index contributed by atoms with van der Waals surface area (Å²) in [6.45, 7) is 2.24. The molecule has 6 heteroatoms. The van der Waals surface area contributed by atoms with Crippen LogP contribution in [0, 0.1) is 4.91 Å². The first-order chi connectivity index (χ1) is 9.69. The average Bonchev–Trinajstić information content (AvgIpc) is 2.76. The van der Waals surface area contributed by atoms with Gasteiger partial charge in [-0.05, 0) is 23.2 Å². The number of fused-ring (bicyclic) bond motifs is 1. The van der Waals surface area contributed by atoms with E-state index in [4.69, 9.17) is 11.6 Å². The first kappa shape index (κ1) is 13.5. The van der Waals surface area contributed by atoms with Crippen molar-refractivity contribution in [2.75, 3.05) is 6.54 Å². The minimum absolute atomic E-state index is 0.0320. The standard InChI is InChI=1S/C14H13ClN2O2S/c15-11-4-2-1-3-9(11)7-17-6-5-12-10(8-17)13(16-19)14(18)20-12/h1-4,18H,5-8H2. The number of benzene rings is 1. The molecule has 1 aliphatic heterocycles. The maximum atomic E-state index is 10.8. The predicted molar refractivity (Wildman–Crippen MR) is 80.7 cm³/mol. The van der Waals surface area contributed by atoms with Crippen molar-refractivity contribution in [3.63, 3.8) is 0 Å². The Labute approximate surface area is 125 Å². The van der Waals surface area contributed by atoms with Crippen LogP contribution in [-0.4, -0.2) is 16.6 Å². The first-order valence-corrected chi connectivity index (χ1v) is 7.51. The molecule has 20 heavy (non-hydrogen) atoms. The van der Waals surface area contributed by atoms with E-state index in [1.54, 1.807) is 0 Å². The Morgan fingerprint density at radius 3 is 2.95 bits per heavy atom. The summed E-state index contributed by atoms with van der Waals surface area (Å²) in [5.41, 5.74) is 2.13. The summed E-state index contributed by atoms with van der Waals surface area (Å²) < 4.78 is 0. The molecule has 4 nitrogen and oxygen atoms in total. The number of nitrogens with zero attached hydrogens (tertiary/aromatic N) is 2. The van der Waals surface area contributed by atoms with E-state index in [9.17, 15) is 10.0 Å². The van der Waals surface area contributed by atoms with E-state index in [-0.39, 0.29) is 10.8 Å². The zero-order valence-electron chi connectivity index (χ0n) is 10.7. The van der Waals surface area contributed by atoms with Crippen LogP contribution in [-0.2, 0) is 19.5 Å². The second kappa shape index (κ2) is 5.52. The second-order valence-electron chi connectivity index (χ2n) is 4.80. The first-order valence-electron chi connectivity index (χ1n) is 6.31. The fourth-order valence-electron chi connectivity index (χ4n) is 2.51. The summed E-state index contributed by atoms with van der Waals surface area (Å²) in [4.78, 5) is 14.1. The lowest BCUT2D eigenvalue weighted by Gasteiger charge is -2.27. The molecule has 1 aromatic heterocycles. The summed E-state index contributed by atoms with van der Waals surface area (Å²) in [5.74, 6) is 0. The van der Waals surface area contributed by atoms with Crippen molar-refractivity contribution in [3.05, 3.63) is 50.2 Å². The van der Waals surface area contributed by atoms with Gasteiger partial charge in [-0.25, -0.2) is 0 Å². The fourth-order valence-corrected chi connectivity index (χ4v) is 3.68. The van der Waals surface area contributed by atoms with Crippen LogP contribution in [0.3, 0.4) is 0 Å². The molecule has 0 spiro atoms. The average molecular weight is 309 g/mol. The molecule has 0 fully saturated rings. The smallest absolute Gasteiger partial charge is 0.201 e. The SMILES string of the molecule is O=Nc1c(O)sc2c1CN(Cc1ccccc1Cl)CC2.